The van der Waals surface area contributed by atoms with Gasteiger partial charge in [-0.05, 0) is 37.3 Å². The van der Waals surface area contributed by atoms with E-state index in [0.717, 1.165) is 45.0 Å². The van der Waals surface area contributed by atoms with Gasteiger partial charge in [0.1, 0.15) is 5.75 Å². The van der Waals surface area contributed by atoms with Crippen molar-refractivity contribution in [2.24, 2.45) is 5.92 Å². The minimum Gasteiger partial charge on any atom is -0.492 e. The van der Waals surface area contributed by atoms with E-state index in [0.29, 0.717) is 17.5 Å². The standard InChI is InChI=1S/C19H24N2O2/c22-19(21-12-9-16(13-21)20-10-3-4-11-20)17-5-1-2-6-18(17)23-14-15-7-8-15/h1-6,15-16H,7-14H2. The quantitative estimate of drug-likeness (QED) is 0.783. The Bertz CT molecular complexity index is 601. The number of hydrogen-bond acceptors (Lipinski definition) is 3. The highest BCUT2D eigenvalue weighted by Crippen LogP contribution is 2.31. The first-order valence-electron chi connectivity index (χ1n) is 8.71. The smallest absolute Gasteiger partial charge is 0.257 e. The van der Waals surface area contributed by atoms with E-state index >= 15 is 0 Å². The maximum Gasteiger partial charge on any atom is 0.257 e. The molecule has 4 rings (SSSR count). The Labute approximate surface area is 137 Å². The van der Waals surface area contributed by atoms with Gasteiger partial charge in [0.15, 0.2) is 0 Å². The average Bonchev–Trinajstić information content (AvgIpc) is 3.05. The van der Waals surface area contributed by atoms with E-state index in [4.69, 9.17) is 4.74 Å². The van der Waals surface area contributed by atoms with Gasteiger partial charge in [-0.3, -0.25) is 9.69 Å². The van der Waals surface area contributed by atoms with Crippen LogP contribution < -0.4 is 4.74 Å². The molecule has 0 bridgehead atoms. The molecule has 1 unspecified atom stereocenters. The topological polar surface area (TPSA) is 32.8 Å². The van der Waals surface area contributed by atoms with Crippen LogP contribution in [0.25, 0.3) is 0 Å². The van der Waals surface area contributed by atoms with Gasteiger partial charge >= 0.3 is 0 Å². The number of carbonyl (C=O) groups is 1. The summed E-state index contributed by atoms with van der Waals surface area (Å²) in [5.41, 5.74) is 0.716. The molecule has 1 amide bonds. The summed E-state index contributed by atoms with van der Waals surface area (Å²) in [5, 5.41) is 0. The van der Waals surface area contributed by atoms with Gasteiger partial charge in [0.2, 0.25) is 0 Å². The van der Waals surface area contributed by atoms with Crippen molar-refractivity contribution in [1.29, 1.82) is 0 Å². The second kappa shape index (κ2) is 6.36. The summed E-state index contributed by atoms with van der Waals surface area (Å²) in [6.45, 7) is 4.46. The molecular formula is C19H24N2O2. The van der Waals surface area contributed by atoms with Crippen LogP contribution in [0.15, 0.2) is 36.4 Å². The van der Waals surface area contributed by atoms with Gasteiger partial charge in [0.25, 0.3) is 5.91 Å². The van der Waals surface area contributed by atoms with Crippen molar-refractivity contribution in [2.45, 2.75) is 25.3 Å². The zero-order valence-corrected chi connectivity index (χ0v) is 13.5. The van der Waals surface area contributed by atoms with E-state index in [2.05, 4.69) is 17.1 Å². The molecule has 1 saturated carbocycles. The second-order valence-corrected chi connectivity index (χ2v) is 6.87. The Morgan fingerprint density at radius 1 is 1.13 bits per heavy atom. The van der Waals surface area contributed by atoms with Crippen LogP contribution in [-0.4, -0.2) is 54.5 Å². The minimum atomic E-state index is 0.117. The van der Waals surface area contributed by atoms with Crippen molar-refractivity contribution in [1.82, 2.24) is 9.80 Å². The summed E-state index contributed by atoms with van der Waals surface area (Å²) in [7, 11) is 0. The number of rotatable bonds is 5. The first kappa shape index (κ1) is 14.8. The predicted octanol–water partition coefficient (Wildman–Crippen LogP) is 2.56. The zero-order chi connectivity index (χ0) is 15.6. The number of ether oxygens (including phenoxy) is 1. The number of amides is 1. The largest absolute Gasteiger partial charge is 0.492 e. The summed E-state index contributed by atoms with van der Waals surface area (Å²) >= 11 is 0. The van der Waals surface area contributed by atoms with Crippen molar-refractivity contribution in [3.8, 4) is 5.75 Å². The number of hydrogen-bond donors (Lipinski definition) is 0. The minimum absolute atomic E-state index is 0.117. The van der Waals surface area contributed by atoms with Gasteiger partial charge in [-0.1, -0.05) is 24.3 Å². The average molecular weight is 312 g/mol. The summed E-state index contributed by atoms with van der Waals surface area (Å²) in [6.07, 6.45) is 8.01. The predicted molar refractivity (Wildman–Crippen MR) is 89.7 cm³/mol. The summed E-state index contributed by atoms with van der Waals surface area (Å²) in [6, 6.07) is 8.19. The maximum absolute atomic E-state index is 12.9. The highest BCUT2D eigenvalue weighted by Gasteiger charge is 2.32. The zero-order valence-electron chi connectivity index (χ0n) is 13.5. The van der Waals surface area contributed by atoms with Crippen molar-refractivity contribution in [3.63, 3.8) is 0 Å². The first-order chi connectivity index (χ1) is 11.3. The first-order valence-corrected chi connectivity index (χ1v) is 8.71. The molecule has 2 fully saturated rings. The molecule has 122 valence electrons. The van der Waals surface area contributed by atoms with E-state index < -0.39 is 0 Å². The van der Waals surface area contributed by atoms with Crippen LogP contribution in [0.5, 0.6) is 5.75 Å². The van der Waals surface area contributed by atoms with Gasteiger partial charge in [-0.25, -0.2) is 0 Å². The molecule has 2 heterocycles. The van der Waals surface area contributed by atoms with Crippen molar-refractivity contribution < 1.29 is 9.53 Å². The number of likely N-dealkylation sites (tertiary alicyclic amines) is 1. The number of benzene rings is 1. The SMILES string of the molecule is O=C(c1ccccc1OCC1CC1)N1CCC(N2CC=CC2)C1. The van der Waals surface area contributed by atoms with E-state index in [-0.39, 0.29) is 5.91 Å². The molecule has 1 aromatic rings. The van der Waals surface area contributed by atoms with Gasteiger partial charge < -0.3 is 9.64 Å². The lowest BCUT2D eigenvalue weighted by Gasteiger charge is -2.24. The number of para-hydroxylation sites is 1. The Morgan fingerprint density at radius 3 is 2.70 bits per heavy atom. The molecule has 4 heteroatoms. The van der Waals surface area contributed by atoms with Gasteiger partial charge in [-0.2, -0.15) is 0 Å². The molecule has 3 aliphatic rings. The molecule has 2 aliphatic heterocycles. The van der Waals surface area contributed by atoms with Crippen molar-refractivity contribution in [3.05, 3.63) is 42.0 Å². The third-order valence-electron chi connectivity index (χ3n) is 5.10. The second-order valence-electron chi connectivity index (χ2n) is 6.87. The highest BCUT2D eigenvalue weighted by atomic mass is 16.5. The highest BCUT2D eigenvalue weighted by molar-refractivity contribution is 5.97. The lowest BCUT2D eigenvalue weighted by atomic mass is 10.1. The fourth-order valence-corrected chi connectivity index (χ4v) is 3.45. The normalized spacial score (nSPS) is 24.3. The van der Waals surface area contributed by atoms with Crippen molar-refractivity contribution in [2.75, 3.05) is 32.8 Å². The molecule has 23 heavy (non-hydrogen) atoms. The lowest BCUT2D eigenvalue weighted by Crippen LogP contribution is -2.37. The van der Waals surface area contributed by atoms with E-state index in [9.17, 15) is 4.79 Å². The van der Waals surface area contributed by atoms with Crippen LogP contribution in [-0.2, 0) is 0 Å². The lowest BCUT2D eigenvalue weighted by molar-refractivity contribution is 0.0776. The Hall–Kier alpha value is -1.81. The third kappa shape index (κ3) is 3.27. The third-order valence-corrected chi connectivity index (χ3v) is 5.10. The van der Waals surface area contributed by atoms with Crippen LogP contribution in [0.1, 0.15) is 29.6 Å². The summed E-state index contributed by atoms with van der Waals surface area (Å²) in [5.74, 6) is 1.55. The molecular weight excluding hydrogens is 288 g/mol. The van der Waals surface area contributed by atoms with Crippen LogP contribution in [0, 0.1) is 5.92 Å². The Morgan fingerprint density at radius 2 is 1.91 bits per heavy atom. The molecule has 0 N–H and O–H groups in total. The van der Waals surface area contributed by atoms with Crippen molar-refractivity contribution >= 4 is 5.91 Å². The molecule has 0 aromatic heterocycles. The van der Waals surface area contributed by atoms with Gasteiger partial charge in [0, 0.05) is 32.2 Å². The van der Waals surface area contributed by atoms with Crippen LogP contribution >= 0.6 is 0 Å². The number of nitrogens with zero attached hydrogens (tertiary/aromatic N) is 2. The Kier molecular flexibility index (Phi) is 4.08. The van der Waals surface area contributed by atoms with E-state index in [1.54, 1.807) is 0 Å². The fourth-order valence-electron chi connectivity index (χ4n) is 3.45. The molecule has 1 atom stereocenters. The van der Waals surface area contributed by atoms with E-state index in [1.165, 1.54) is 12.8 Å². The summed E-state index contributed by atoms with van der Waals surface area (Å²) in [4.78, 5) is 17.3. The summed E-state index contributed by atoms with van der Waals surface area (Å²) < 4.78 is 5.90. The molecule has 1 saturated heterocycles. The van der Waals surface area contributed by atoms with Crippen LogP contribution in [0.4, 0.5) is 0 Å². The van der Waals surface area contributed by atoms with E-state index in [1.807, 2.05) is 29.2 Å². The molecule has 4 nitrogen and oxygen atoms in total. The number of carbonyl (C=O) groups excluding carboxylic acids is 1. The molecule has 0 spiro atoms. The monoisotopic (exact) mass is 312 g/mol. The van der Waals surface area contributed by atoms with Crippen LogP contribution in [0.2, 0.25) is 0 Å². The van der Waals surface area contributed by atoms with Gasteiger partial charge in [-0.15, -0.1) is 0 Å². The van der Waals surface area contributed by atoms with Gasteiger partial charge in [0.05, 0.1) is 12.2 Å². The maximum atomic E-state index is 12.9. The Balaban J connectivity index is 1.42. The fraction of sp³-hybridized carbons (Fsp3) is 0.526. The molecule has 0 radical (unpaired) electrons. The van der Waals surface area contributed by atoms with Crippen LogP contribution in [0.3, 0.4) is 0 Å². The molecule has 1 aromatic carbocycles. The molecule has 1 aliphatic carbocycles.